The van der Waals surface area contributed by atoms with Crippen LogP contribution < -0.4 is 5.01 Å². The highest BCUT2D eigenvalue weighted by Gasteiger charge is 2.25. The molecule has 0 fully saturated rings. The van der Waals surface area contributed by atoms with Crippen molar-refractivity contribution in [3.63, 3.8) is 0 Å². The minimum absolute atomic E-state index is 1.18. The summed E-state index contributed by atoms with van der Waals surface area (Å²) >= 11 is 0. The van der Waals surface area contributed by atoms with Crippen LogP contribution in [-0.4, -0.2) is 6.72 Å². The van der Waals surface area contributed by atoms with E-state index in [9.17, 15) is 0 Å². The summed E-state index contributed by atoms with van der Waals surface area (Å²) in [4.78, 5) is 0. The zero-order chi connectivity index (χ0) is 11.8. The summed E-state index contributed by atoms with van der Waals surface area (Å²) < 4.78 is 0. The molecule has 1 aromatic rings. The van der Waals surface area contributed by atoms with E-state index >= 15 is 0 Å². The second-order valence-corrected chi connectivity index (χ2v) is 4.88. The number of anilines is 1. The number of benzene rings is 1. The van der Waals surface area contributed by atoms with Crippen LogP contribution in [0.3, 0.4) is 0 Å². The van der Waals surface area contributed by atoms with E-state index in [0.29, 0.717) is 0 Å². The molecule has 3 rings (SSSR count). The molecule has 2 aliphatic carbocycles. The smallest absolute Gasteiger partial charge is 0.0714 e. The van der Waals surface area contributed by atoms with Gasteiger partial charge in [0.05, 0.1) is 5.69 Å². The third kappa shape index (κ3) is 1.51. The molecule has 0 aromatic heterocycles. The van der Waals surface area contributed by atoms with Crippen molar-refractivity contribution in [3.05, 3.63) is 41.1 Å². The molecule has 2 aliphatic rings. The van der Waals surface area contributed by atoms with Crippen molar-refractivity contribution in [1.82, 2.24) is 0 Å². The molecule has 0 saturated carbocycles. The molecule has 0 N–H and O–H groups in total. The summed E-state index contributed by atoms with van der Waals surface area (Å²) in [6.07, 6.45) is 9.12. The Hall–Kier alpha value is -1.57. The van der Waals surface area contributed by atoms with Crippen molar-refractivity contribution in [2.24, 2.45) is 5.10 Å². The van der Waals surface area contributed by atoms with Crippen LogP contribution in [-0.2, 0) is 25.7 Å². The average Bonchev–Trinajstić information content (AvgIpc) is 2.96. The second-order valence-electron chi connectivity index (χ2n) is 4.88. The van der Waals surface area contributed by atoms with E-state index in [1.807, 2.05) is 5.01 Å². The Kier molecular flexibility index (Phi) is 2.50. The summed E-state index contributed by atoms with van der Waals surface area (Å²) in [5.74, 6) is 0. The first-order valence-corrected chi connectivity index (χ1v) is 6.40. The van der Waals surface area contributed by atoms with Crippen molar-refractivity contribution in [2.75, 3.05) is 5.01 Å². The van der Waals surface area contributed by atoms with Gasteiger partial charge in [-0.25, -0.2) is 5.01 Å². The molecule has 0 radical (unpaired) electrons. The minimum atomic E-state index is 1.18. The first-order valence-electron chi connectivity index (χ1n) is 6.40. The lowest BCUT2D eigenvalue weighted by Gasteiger charge is -2.21. The number of nitrogens with zero attached hydrogens (tertiary/aromatic N) is 2. The standard InChI is InChI=1S/C15H18N2/c1-3-17(16-2)15-13-8-4-6-11(13)10-12-7-5-9-14(12)15/h3,10H,1-2,4-9H2. The Morgan fingerprint density at radius 2 is 1.65 bits per heavy atom. The van der Waals surface area contributed by atoms with Crippen molar-refractivity contribution in [2.45, 2.75) is 38.5 Å². The highest BCUT2D eigenvalue weighted by Crippen LogP contribution is 2.40. The van der Waals surface area contributed by atoms with Crippen LogP contribution in [0, 0.1) is 0 Å². The van der Waals surface area contributed by atoms with Gasteiger partial charge in [0.2, 0.25) is 0 Å². The molecule has 0 atom stereocenters. The molecule has 2 nitrogen and oxygen atoms in total. The highest BCUT2D eigenvalue weighted by atomic mass is 15.4. The number of rotatable bonds is 3. The second kappa shape index (κ2) is 4.02. The van der Waals surface area contributed by atoms with Crippen LogP contribution in [0.5, 0.6) is 0 Å². The number of hydrogen-bond donors (Lipinski definition) is 0. The Morgan fingerprint density at radius 3 is 2.12 bits per heavy atom. The first-order chi connectivity index (χ1) is 8.35. The summed E-state index contributed by atoms with van der Waals surface area (Å²) in [6.45, 7) is 7.52. The quantitative estimate of drug-likeness (QED) is 0.570. The van der Waals surface area contributed by atoms with Gasteiger partial charge in [-0.05, 0) is 60.8 Å². The van der Waals surface area contributed by atoms with Crippen LogP contribution in [0.4, 0.5) is 5.69 Å². The fraction of sp³-hybridized carbons (Fsp3) is 0.400. The molecule has 0 unspecified atom stereocenters. The van der Waals surface area contributed by atoms with Gasteiger partial charge in [0.25, 0.3) is 0 Å². The van der Waals surface area contributed by atoms with Gasteiger partial charge in [-0.3, -0.25) is 0 Å². The van der Waals surface area contributed by atoms with Crippen molar-refractivity contribution in [1.29, 1.82) is 0 Å². The van der Waals surface area contributed by atoms with E-state index in [0.717, 1.165) is 0 Å². The van der Waals surface area contributed by atoms with Gasteiger partial charge in [-0.15, -0.1) is 0 Å². The lowest BCUT2D eigenvalue weighted by Crippen LogP contribution is -2.11. The molecular weight excluding hydrogens is 208 g/mol. The van der Waals surface area contributed by atoms with Gasteiger partial charge >= 0.3 is 0 Å². The number of hydrazone groups is 1. The molecule has 0 spiro atoms. The fourth-order valence-corrected chi connectivity index (χ4v) is 3.28. The van der Waals surface area contributed by atoms with Gasteiger partial charge < -0.3 is 0 Å². The Morgan fingerprint density at radius 1 is 1.06 bits per heavy atom. The van der Waals surface area contributed by atoms with Gasteiger partial charge in [-0.1, -0.05) is 12.6 Å². The Labute approximate surface area is 103 Å². The zero-order valence-electron chi connectivity index (χ0n) is 10.2. The van der Waals surface area contributed by atoms with Gasteiger partial charge in [0, 0.05) is 12.9 Å². The Balaban J connectivity index is 2.24. The molecule has 88 valence electrons. The average molecular weight is 226 g/mol. The Bertz CT molecular complexity index is 448. The molecule has 2 heteroatoms. The maximum absolute atomic E-state index is 4.10. The molecule has 17 heavy (non-hydrogen) atoms. The highest BCUT2D eigenvalue weighted by molar-refractivity contribution is 5.68. The van der Waals surface area contributed by atoms with E-state index < -0.39 is 0 Å². The van der Waals surface area contributed by atoms with E-state index in [1.54, 1.807) is 6.20 Å². The monoisotopic (exact) mass is 226 g/mol. The van der Waals surface area contributed by atoms with Crippen LogP contribution >= 0.6 is 0 Å². The lowest BCUT2D eigenvalue weighted by molar-refractivity contribution is 0.892. The molecule has 1 aromatic carbocycles. The number of hydrogen-bond acceptors (Lipinski definition) is 2. The molecule has 0 aliphatic heterocycles. The van der Waals surface area contributed by atoms with Crippen LogP contribution in [0.15, 0.2) is 23.9 Å². The van der Waals surface area contributed by atoms with E-state index in [-0.39, 0.29) is 0 Å². The van der Waals surface area contributed by atoms with Gasteiger partial charge in [0.1, 0.15) is 0 Å². The van der Waals surface area contributed by atoms with Crippen LogP contribution in [0.1, 0.15) is 35.1 Å². The first kappa shape index (κ1) is 10.6. The fourth-order valence-electron chi connectivity index (χ4n) is 3.28. The summed E-state index contributed by atoms with van der Waals surface area (Å²) in [5.41, 5.74) is 7.31. The van der Waals surface area contributed by atoms with E-state index in [2.05, 4.69) is 24.5 Å². The number of aryl methyl sites for hydroxylation is 2. The third-order valence-corrected chi connectivity index (χ3v) is 4.00. The van der Waals surface area contributed by atoms with Crippen molar-refractivity contribution < 1.29 is 0 Å². The van der Waals surface area contributed by atoms with E-state index in [4.69, 9.17) is 0 Å². The summed E-state index contributed by atoms with van der Waals surface area (Å²) in [6, 6.07) is 2.43. The SMILES string of the molecule is C=CN(N=C)c1c2c(cc3c1CCC3)CCC2. The molecule has 0 heterocycles. The summed E-state index contributed by atoms with van der Waals surface area (Å²) in [7, 11) is 0. The van der Waals surface area contributed by atoms with Crippen molar-refractivity contribution in [3.8, 4) is 0 Å². The molecule has 0 saturated heterocycles. The summed E-state index contributed by atoms with van der Waals surface area (Å²) in [5, 5.41) is 5.97. The zero-order valence-corrected chi connectivity index (χ0v) is 10.2. The van der Waals surface area contributed by atoms with E-state index in [1.165, 1.54) is 66.5 Å². The number of fused-ring (bicyclic) bond motifs is 2. The van der Waals surface area contributed by atoms with Crippen LogP contribution in [0.2, 0.25) is 0 Å². The lowest BCUT2D eigenvalue weighted by atomic mass is 9.98. The third-order valence-electron chi connectivity index (χ3n) is 4.00. The molecule has 0 amide bonds. The minimum Gasteiger partial charge on any atom is -0.242 e. The molecular formula is C15H18N2. The maximum atomic E-state index is 4.10. The molecule has 0 bridgehead atoms. The van der Waals surface area contributed by atoms with Crippen LogP contribution in [0.25, 0.3) is 0 Å². The normalized spacial score (nSPS) is 16.5. The van der Waals surface area contributed by atoms with Gasteiger partial charge in [0.15, 0.2) is 0 Å². The van der Waals surface area contributed by atoms with Gasteiger partial charge in [-0.2, -0.15) is 5.10 Å². The predicted molar refractivity (Wildman–Crippen MR) is 72.7 cm³/mol. The largest absolute Gasteiger partial charge is 0.242 e. The predicted octanol–water partition coefficient (Wildman–Crippen LogP) is 3.23. The van der Waals surface area contributed by atoms with Crippen molar-refractivity contribution >= 4 is 12.4 Å². The maximum Gasteiger partial charge on any atom is 0.0714 e. The topological polar surface area (TPSA) is 15.6 Å².